The molecule has 0 aromatic heterocycles. The number of benzene rings is 1. The lowest BCUT2D eigenvalue weighted by molar-refractivity contribution is 0.0164. The first-order valence-electron chi connectivity index (χ1n) is 7.49. The Morgan fingerprint density at radius 3 is 2.38 bits per heavy atom. The highest BCUT2D eigenvalue weighted by atomic mass is 16.6. The molecule has 4 nitrogen and oxygen atoms in total. The molecule has 0 saturated carbocycles. The average molecular weight is 294 g/mol. The molecule has 0 aliphatic heterocycles. The van der Waals surface area contributed by atoms with E-state index in [2.05, 4.69) is 13.8 Å². The Morgan fingerprint density at radius 1 is 1.10 bits per heavy atom. The highest BCUT2D eigenvalue weighted by molar-refractivity contribution is 5.89. The predicted molar refractivity (Wildman–Crippen MR) is 82.9 cm³/mol. The molecule has 21 heavy (non-hydrogen) atoms. The van der Waals surface area contributed by atoms with E-state index >= 15 is 0 Å². The second-order valence-electron chi connectivity index (χ2n) is 5.17. The Bertz CT molecular complexity index is 440. The lowest BCUT2D eigenvalue weighted by Crippen LogP contribution is -2.13. The molecule has 0 aliphatic rings. The quantitative estimate of drug-likeness (QED) is 0.517. The van der Waals surface area contributed by atoms with E-state index in [0.717, 1.165) is 5.56 Å². The normalized spacial score (nSPS) is 10.9. The van der Waals surface area contributed by atoms with Crippen LogP contribution >= 0.6 is 0 Å². The SMILES string of the molecule is CCOCCOCCOC(=O)c1ccc(C(C)C)c(C)c1. The van der Waals surface area contributed by atoms with Crippen LogP contribution in [0.3, 0.4) is 0 Å². The van der Waals surface area contributed by atoms with Crippen LogP contribution in [0.1, 0.15) is 48.2 Å². The second kappa shape index (κ2) is 9.53. The maximum Gasteiger partial charge on any atom is 0.338 e. The summed E-state index contributed by atoms with van der Waals surface area (Å²) in [5.41, 5.74) is 2.96. The molecule has 0 aliphatic carbocycles. The highest BCUT2D eigenvalue weighted by Gasteiger charge is 2.10. The summed E-state index contributed by atoms with van der Waals surface area (Å²) in [5, 5.41) is 0. The van der Waals surface area contributed by atoms with Gasteiger partial charge in [0.05, 0.1) is 25.4 Å². The summed E-state index contributed by atoms with van der Waals surface area (Å²) in [6.45, 7) is 10.7. The van der Waals surface area contributed by atoms with Gasteiger partial charge in [-0.3, -0.25) is 0 Å². The number of carbonyl (C=O) groups is 1. The zero-order valence-corrected chi connectivity index (χ0v) is 13.5. The molecule has 0 radical (unpaired) electrons. The molecule has 0 unspecified atom stereocenters. The van der Waals surface area contributed by atoms with Crippen molar-refractivity contribution in [3.63, 3.8) is 0 Å². The number of ether oxygens (including phenoxy) is 3. The van der Waals surface area contributed by atoms with Gasteiger partial charge in [0.15, 0.2) is 0 Å². The van der Waals surface area contributed by atoms with Crippen molar-refractivity contribution in [1.29, 1.82) is 0 Å². The van der Waals surface area contributed by atoms with Gasteiger partial charge >= 0.3 is 5.97 Å². The molecule has 0 amide bonds. The molecule has 0 spiro atoms. The van der Waals surface area contributed by atoms with Crippen LogP contribution in [0.25, 0.3) is 0 Å². The minimum Gasteiger partial charge on any atom is -0.460 e. The Balaban J connectivity index is 2.34. The highest BCUT2D eigenvalue weighted by Crippen LogP contribution is 2.20. The Morgan fingerprint density at radius 2 is 1.76 bits per heavy atom. The minimum absolute atomic E-state index is 0.260. The Hall–Kier alpha value is -1.39. The van der Waals surface area contributed by atoms with Crippen molar-refractivity contribution in [2.75, 3.05) is 33.0 Å². The fourth-order valence-corrected chi connectivity index (χ4v) is 2.09. The number of rotatable bonds is 9. The number of esters is 1. The summed E-state index contributed by atoms with van der Waals surface area (Å²) < 4.78 is 15.6. The Kier molecular flexibility index (Phi) is 8.01. The van der Waals surface area contributed by atoms with Gasteiger partial charge in [-0.25, -0.2) is 4.79 Å². The fourth-order valence-electron chi connectivity index (χ4n) is 2.09. The molecule has 0 atom stereocenters. The number of hydrogen-bond donors (Lipinski definition) is 0. The van der Waals surface area contributed by atoms with E-state index in [4.69, 9.17) is 14.2 Å². The summed E-state index contributed by atoms with van der Waals surface area (Å²) in [4.78, 5) is 11.9. The Labute approximate surface area is 127 Å². The summed E-state index contributed by atoms with van der Waals surface area (Å²) in [6.07, 6.45) is 0. The molecule has 118 valence electrons. The van der Waals surface area contributed by atoms with Crippen LogP contribution in [-0.2, 0) is 14.2 Å². The van der Waals surface area contributed by atoms with E-state index in [1.807, 2.05) is 32.0 Å². The van der Waals surface area contributed by atoms with E-state index in [1.165, 1.54) is 5.56 Å². The third-order valence-electron chi connectivity index (χ3n) is 3.16. The lowest BCUT2D eigenvalue weighted by Gasteiger charge is -2.11. The van der Waals surface area contributed by atoms with Gasteiger partial charge in [-0.05, 0) is 43.0 Å². The third-order valence-corrected chi connectivity index (χ3v) is 3.16. The monoisotopic (exact) mass is 294 g/mol. The maximum absolute atomic E-state index is 11.9. The van der Waals surface area contributed by atoms with E-state index in [-0.39, 0.29) is 12.6 Å². The van der Waals surface area contributed by atoms with Gasteiger partial charge in [0, 0.05) is 6.61 Å². The molecule has 0 N–H and O–H groups in total. The molecule has 0 bridgehead atoms. The standard InChI is InChI=1S/C17H26O4/c1-5-19-8-9-20-10-11-21-17(18)15-6-7-16(13(2)3)14(4)12-15/h6-7,12-13H,5,8-11H2,1-4H3. The van der Waals surface area contributed by atoms with Gasteiger partial charge in [0.2, 0.25) is 0 Å². The van der Waals surface area contributed by atoms with E-state index in [9.17, 15) is 4.79 Å². The summed E-state index contributed by atoms with van der Waals surface area (Å²) >= 11 is 0. The first-order valence-corrected chi connectivity index (χ1v) is 7.49. The van der Waals surface area contributed by atoms with Crippen molar-refractivity contribution in [3.8, 4) is 0 Å². The van der Waals surface area contributed by atoms with Crippen molar-refractivity contribution < 1.29 is 19.0 Å². The van der Waals surface area contributed by atoms with Gasteiger partial charge < -0.3 is 14.2 Å². The van der Waals surface area contributed by atoms with Gasteiger partial charge in [0.1, 0.15) is 6.61 Å². The zero-order valence-electron chi connectivity index (χ0n) is 13.5. The van der Waals surface area contributed by atoms with Gasteiger partial charge in [-0.15, -0.1) is 0 Å². The molecule has 0 heterocycles. The van der Waals surface area contributed by atoms with Crippen LogP contribution in [0.5, 0.6) is 0 Å². The van der Waals surface area contributed by atoms with Crippen molar-refractivity contribution in [2.24, 2.45) is 0 Å². The predicted octanol–water partition coefficient (Wildman–Crippen LogP) is 3.33. The van der Waals surface area contributed by atoms with Crippen molar-refractivity contribution in [2.45, 2.75) is 33.6 Å². The molecule has 0 fully saturated rings. The summed E-state index contributed by atoms with van der Waals surface area (Å²) in [5.74, 6) is 0.149. The largest absolute Gasteiger partial charge is 0.460 e. The van der Waals surface area contributed by atoms with Crippen LogP contribution in [0.15, 0.2) is 18.2 Å². The molecule has 1 aromatic rings. The molecule has 0 saturated heterocycles. The second-order valence-corrected chi connectivity index (χ2v) is 5.17. The van der Waals surface area contributed by atoms with E-state index < -0.39 is 0 Å². The minimum atomic E-state index is -0.304. The fraction of sp³-hybridized carbons (Fsp3) is 0.588. The van der Waals surface area contributed by atoms with Crippen LogP contribution in [-0.4, -0.2) is 39.0 Å². The number of carbonyl (C=O) groups excluding carboxylic acids is 1. The smallest absolute Gasteiger partial charge is 0.338 e. The first kappa shape index (κ1) is 17.7. The van der Waals surface area contributed by atoms with Crippen LogP contribution in [0, 0.1) is 6.92 Å². The van der Waals surface area contributed by atoms with E-state index in [0.29, 0.717) is 37.9 Å². The van der Waals surface area contributed by atoms with Gasteiger partial charge in [0.25, 0.3) is 0 Å². The maximum atomic E-state index is 11.9. The van der Waals surface area contributed by atoms with Gasteiger partial charge in [-0.2, -0.15) is 0 Å². The van der Waals surface area contributed by atoms with Gasteiger partial charge in [-0.1, -0.05) is 19.9 Å². The molecule has 1 aromatic carbocycles. The van der Waals surface area contributed by atoms with Crippen molar-refractivity contribution >= 4 is 5.97 Å². The zero-order chi connectivity index (χ0) is 15.7. The average Bonchev–Trinajstić information content (AvgIpc) is 2.45. The van der Waals surface area contributed by atoms with Crippen LogP contribution in [0.4, 0.5) is 0 Å². The number of hydrogen-bond acceptors (Lipinski definition) is 4. The van der Waals surface area contributed by atoms with Crippen molar-refractivity contribution in [3.05, 3.63) is 34.9 Å². The van der Waals surface area contributed by atoms with Crippen LogP contribution in [0.2, 0.25) is 0 Å². The molecule has 1 rings (SSSR count). The summed E-state index contributed by atoms with van der Waals surface area (Å²) in [6, 6.07) is 5.70. The topological polar surface area (TPSA) is 44.8 Å². The third kappa shape index (κ3) is 6.27. The molecular formula is C17H26O4. The van der Waals surface area contributed by atoms with E-state index in [1.54, 1.807) is 0 Å². The molecule has 4 heteroatoms. The lowest BCUT2D eigenvalue weighted by atomic mass is 9.96. The van der Waals surface area contributed by atoms with Crippen LogP contribution < -0.4 is 0 Å². The first-order chi connectivity index (χ1) is 10.1. The summed E-state index contributed by atoms with van der Waals surface area (Å²) in [7, 11) is 0. The number of aryl methyl sites for hydroxylation is 1. The van der Waals surface area contributed by atoms with Crippen molar-refractivity contribution in [1.82, 2.24) is 0 Å². The molecular weight excluding hydrogens is 268 g/mol.